The highest BCUT2D eigenvalue weighted by Crippen LogP contribution is 2.17. The molecule has 0 saturated heterocycles. The lowest BCUT2D eigenvalue weighted by atomic mass is 10.1. The Morgan fingerprint density at radius 3 is 2.85 bits per heavy atom. The molecule has 1 atom stereocenters. The predicted molar refractivity (Wildman–Crippen MR) is 103 cm³/mol. The predicted octanol–water partition coefficient (Wildman–Crippen LogP) is 2.01. The summed E-state index contributed by atoms with van der Waals surface area (Å²) in [5.41, 5.74) is 1.68. The van der Waals surface area contributed by atoms with Crippen molar-refractivity contribution in [2.24, 2.45) is 0 Å². The summed E-state index contributed by atoms with van der Waals surface area (Å²) >= 11 is 1.25. The zero-order chi connectivity index (χ0) is 18.5. The lowest BCUT2D eigenvalue weighted by Crippen LogP contribution is -2.38. The van der Waals surface area contributed by atoms with E-state index < -0.39 is 6.04 Å². The van der Waals surface area contributed by atoms with E-state index in [1.165, 1.54) is 27.5 Å². The number of amides is 1. The van der Waals surface area contributed by atoms with Gasteiger partial charge in [-0.15, -0.1) is 5.10 Å². The molecule has 136 valence electrons. The van der Waals surface area contributed by atoms with Crippen LogP contribution in [0.4, 0.5) is 5.13 Å². The zero-order valence-electron chi connectivity index (χ0n) is 14.7. The fraction of sp³-hybridized carbons (Fsp3) is 0.333. The number of aryl methyl sites for hydroxylation is 2. The van der Waals surface area contributed by atoms with Gasteiger partial charge in [-0.1, -0.05) is 41.7 Å². The van der Waals surface area contributed by atoms with Gasteiger partial charge in [0.15, 0.2) is 0 Å². The van der Waals surface area contributed by atoms with Crippen molar-refractivity contribution in [2.75, 3.05) is 11.9 Å². The molecule has 0 aliphatic rings. The SMILES string of the molecule is Cc1cc(=O)n2nc(NC(C)C(=O)NCCCc3ccccc3)sc2n1. The van der Waals surface area contributed by atoms with Gasteiger partial charge in [0.25, 0.3) is 5.56 Å². The summed E-state index contributed by atoms with van der Waals surface area (Å²) in [4.78, 5) is 28.9. The first-order chi connectivity index (χ1) is 12.5. The molecule has 0 saturated carbocycles. The molecule has 2 aromatic heterocycles. The van der Waals surface area contributed by atoms with Crippen molar-refractivity contribution in [2.45, 2.75) is 32.7 Å². The second-order valence-electron chi connectivity index (χ2n) is 6.08. The molecule has 0 spiro atoms. The second-order valence-corrected chi connectivity index (χ2v) is 7.04. The average molecular weight is 371 g/mol. The molecule has 0 radical (unpaired) electrons. The van der Waals surface area contributed by atoms with Crippen molar-refractivity contribution in [3.05, 3.63) is 58.0 Å². The van der Waals surface area contributed by atoms with Gasteiger partial charge in [-0.3, -0.25) is 9.59 Å². The summed E-state index contributed by atoms with van der Waals surface area (Å²) in [6.45, 7) is 4.14. The monoisotopic (exact) mass is 371 g/mol. The Kier molecular flexibility index (Phi) is 5.62. The Bertz CT molecular complexity index is 951. The molecule has 2 N–H and O–H groups in total. The van der Waals surface area contributed by atoms with E-state index in [2.05, 4.69) is 32.8 Å². The first-order valence-electron chi connectivity index (χ1n) is 8.48. The van der Waals surface area contributed by atoms with E-state index in [9.17, 15) is 9.59 Å². The van der Waals surface area contributed by atoms with E-state index in [1.807, 2.05) is 18.2 Å². The van der Waals surface area contributed by atoms with E-state index in [-0.39, 0.29) is 11.5 Å². The Labute approximate surface area is 155 Å². The van der Waals surface area contributed by atoms with Crippen LogP contribution in [-0.2, 0) is 11.2 Å². The summed E-state index contributed by atoms with van der Waals surface area (Å²) in [5, 5.41) is 10.6. The van der Waals surface area contributed by atoms with Crippen LogP contribution in [0.25, 0.3) is 4.96 Å². The smallest absolute Gasteiger partial charge is 0.275 e. The van der Waals surface area contributed by atoms with Crippen molar-refractivity contribution in [3.63, 3.8) is 0 Å². The number of carbonyl (C=O) groups is 1. The number of nitrogens with one attached hydrogen (secondary N) is 2. The van der Waals surface area contributed by atoms with Gasteiger partial charge in [0, 0.05) is 18.3 Å². The average Bonchev–Trinajstić information content (AvgIpc) is 3.02. The normalized spacial score (nSPS) is 12.1. The number of benzene rings is 1. The van der Waals surface area contributed by atoms with E-state index in [0.717, 1.165) is 12.8 Å². The first kappa shape index (κ1) is 18.1. The maximum absolute atomic E-state index is 12.2. The Morgan fingerprint density at radius 2 is 2.08 bits per heavy atom. The molecular formula is C18H21N5O2S. The van der Waals surface area contributed by atoms with Crippen LogP contribution in [0.3, 0.4) is 0 Å². The Hall–Kier alpha value is -2.74. The summed E-state index contributed by atoms with van der Waals surface area (Å²) in [6, 6.07) is 11.2. The molecule has 3 rings (SSSR count). The number of fused-ring (bicyclic) bond motifs is 1. The van der Waals surface area contributed by atoms with Crippen LogP contribution in [0.15, 0.2) is 41.2 Å². The van der Waals surface area contributed by atoms with E-state index in [1.54, 1.807) is 13.8 Å². The maximum Gasteiger partial charge on any atom is 0.275 e. The van der Waals surface area contributed by atoms with Crippen molar-refractivity contribution in [1.82, 2.24) is 19.9 Å². The van der Waals surface area contributed by atoms with Crippen LogP contribution in [0, 0.1) is 6.92 Å². The van der Waals surface area contributed by atoms with Gasteiger partial charge in [0.1, 0.15) is 6.04 Å². The molecule has 0 fully saturated rings. The minimum atomic E-state index is -0.455. The number of anilines is 1. The molecule has 7 nitrogen and oxygen atoms in total. The van der Waals surface area contributed by atoms with Gasteiger partial charge in [-0.25, -0.2) is 4.98 Å². The topological polar surface area (TPSA) is 88.4 Å². The van der Waals surface area contributed by atoms with Crippen LogP contribution in [0.1, 0.15) is 24.6 Å². The molecule has 8 heteroatoms. The summed E-state index contributed by atoms with van der Waals surface area (Å²) in [7, 11) is 0. The number of hydrogen-bond acceptors (Lipinski definition) is 6. The van der Waals surface area contributed by atoms with E-state index in [0.29, 0.717) is 22.3 Å². The molecule has 1 amide bonds. The van der Waals surface area contributed by atoms with Crippen LogP contribution >= 0.6 is 11.3 Å². The summed E-state index contributed by atoms with van der Waals surface area (Å²) < 4.78 is 1.24. The molecular weight excluding hydrogens is 350 g/mol. The van der Waals surface area contributed by atoms with Gasteiger partial charge in [0.05, 0.1) is 0 Å². The largest absolute Gasteiger partial charge is 0.354 e. The maximum atomic E-state index is 12.2. The fourth-order valence-corrected chi connectivity index (χ4v) is 3.47. The Morgan fingerprint density at radius 1 is 1.31 bits per heavy atom. The van der Waals surface area contributed by atoms with E-state index >= 15 is 0 Å². The highest BCUT2D eigenvalue weighted by molar-refractivity contribution is 7.20. The molecule has 1 aromatic carbocycles. The third-order valence-electron chi connectivity index (χ3n) is 3.89. The summed E-state index contributed by atoms with van der Waals surface area (Å²) in [5.74, 6) is -0.103. The zero-order valence-corrected chi connectivity index (χ0v) is 15.5. The van der Waals surface area contributed by atoms with Crippen molar-refractivity contribution < 1.29 is 4.79 Å². The number of nitrogens with zero attached hydrogens (tertiary/aromatic N) is 3. The Balaban J connectivity index is 1.51. The first-order valence-corrected chi connectivity index (χ1v) is 9.30. The van der Waals surface area contributed by atoms with Crippen LogP contribution in [0.5, 0.6) is 0 Å². The molecule has 2 heterocycles. The lowest BCUT2D eigenvalue weighted by molar-refractivity contribution is -0.121. The quantitative estimate of drug-likeness (QED) is 0.620. The van der Waals surface area contributed by atoms with Gasteiger partial charge < -0.3 is 10.6 Å². The van der Waals surface area contributed by atoms with Crippen LogP contribution < -0.4 is 16.2 Å². The van der Waals surface area contributed by atoms with Gasteiger partial charge in [0.2, 0.25) is 16.0 Å². The number of aromatic nitrogens is 3. The van der Waals surface area contributed by atoms with Crippen molar-refractivity contribution in [3.8, 4) is 0 Å². The van der Waals surface area contributed by atoms with Gasteiger partial charge in [-0.2, -0.15) is 4.52 Å². The number of hydrogen-bond donors (Lipinski definition) is 2. The van der Waals surface area contributed by atoms with Gasteiger partial charge in [-0.05, 0) is 32.3 Å². The molecule has 0 aliphatic heterocycles. The molecule has 3 aromatic rings. The number of rotatable bonds is 7. The van der Waals surface area contributed by atoms with Crippen LogP contribution in [-0.4, -0.2) is 33.1 Å². The highest BCUT2D eigenvalue weighted by Gasteiger charge is 2.15. The molecule has 26 heavy (non-hydrogen) atoms. The highest BCUT2D eigenvalue weighted by atomic mass is 32.1. The minimum absolute atomic E-state index is 0.103. The van der Waals surface area contributed by atoms with Crippen molar-refractivity contribution in [1.29, 1.82) is 0 Å². The standard InChI is InChI=1S/C18H21N5O2S/c1-12-11-15(24)23-18(20-12)26-17(22-23)21-13(2)16(25)19-10-6-9-14-7-4-3-5-8-14/h3-5,7-8,11,13H,6,9-10H2,1-2H3,(H,19,25)(H,21,22). The van der Waals surface area contributed by atoms with E-state index in [4.69, 9.17) is 0 Å². The molecule has 1 unspecified atom stereocenters. The van der Waals surface area contributed by atoms with Gasteiger partial charge >= 0.3 is 0 Å². The molecule has 0 aliphatic carbocycles. The third-order valence-corrected chi connectivity index (χ3v) is 4.73. The van der Waals surface area contributed by atoms with Crippen LogP contribution in [0.2, 0.25) is 0 Å². The second kappa shape index (κ2) is 8.09. The molecule has 0 bridgehead atoms. The number of carbonyl (C=O) groups excluding carboxylic acids is 1. The fourth-order valence-electron chi connectivity index (χ4n) is 2.53. The van der Waals surface area contributed by atoms with Crippen molar-refractivity contribution >= 4 is 27.3 Å². The lowest BCUT2D eigenvalue weighted by Gasteiger charge is -2.12. The summed E-state index contributed by atoms with van der Waals surface area (Å²) in [6.07, 6.45) is 1.80. The third kappa shape index (κ3) is 4.45. The minimum Gasteiger partial charge on any atom is -0.354 e.